The largest absolute Gasteiger partial charge is 0.416 e. The van der Waals surface area contributed by atoms with Gasteiger partial charge in [0.05, 0.1) is 16.5 Å². The summed E-state index contributed by atoms with van der Waals surface area (Å²) < 4.78 is 77.7. The lowest BCUT2D eigenvalue weighted by Gasteiger charge is -2.32. The van der Waals surface area contributed by atoms with Crippen LogP contribution < -0.4 is 5.32 Å². The van der Waals surface area contributed by atoms with Gasteiger partial charge in [0.25, 0.3) is 0 Å². The predicted molar refractivity (Wildman–Crippen MR) is 88.3 cm³/mol. The maximum Gasteiger partial charge on any atom is 0.416 e. The van der Waals surface area contributed by atoms with Gasteiger partial charge in [0.1, 0.15) is 0 Å². The topological polar surface area (TPSA) is 32.3 Å². The van der Waals surface area contributed by atoms with E-state index in [1.807, 2.05) is 0 Å². The molecule has 0 radical (unpaired) electrons. The summed E-state index contributed by atoms with van der Waals surface area (Å²) in [7, 11) is 0. The van der Waals surface area contributed by atoms with Crippen molar-refractivity contribution in [1.29, 1.82) is 0 Å². The van der Waals surface area contributed by atoms with Crippen LogP contribution in [-0.2, 0) is 23.7 Å². The molecule has 3 rings (SSSR count). The second-order valence-corrected chi connectivity index (χ2v) is 6.92. The van der Waals surface area contributed by atoms with Crippen molar-refractivity contribution in [1.82, 2.24) is 10.2 Å². The first-order chi connectivity index (χ1) is 12.0. The van der Waals surface area contributed by atoms with Gasteiger partial charge in [-0.1, -0.05) is 0 Å². The molecule has 0 aliphatic carbocycles. The number of hydrogen-bond donors (Lipinski definition) is 1. The number of piperidine rings is 1. The fourth-order valence-corrected chi connectivity index (χ4v) is 3.74. The Kier molecular flexibility index (Phi) is 6.06. The SMILES string of the molecule is Cl.O=C1N(Cc2cc(C(F)(F)F)cc(C(F)(F)F)c2)CCC12CCNCC2. The van der Waals surface area contributed by atoms with E-state index in [0.717, 1.165) is 0 Å². The third-order valence-electron chi connectivity index (χ3n) is 5.18. The van der Waals surface area contributed by atoms with E-state index in [1.165, 1.54) is 4.90 Å². The zero-order chi connectivity index (χ0) is 19.2. The Hall–Kier alpha value is -1.48. The van der Waals surface area contributed by atoms with Crippen LogP contribution in [0.2, 0.25) is 0 Å². The molecule has 0 unspecified atom stereocenters. The number of rotatable bonds is 2. The van der Waals surface area contributed by atoms with Gasteiger partial charge in [0, 0.05) is 13.1 Å². The summed E-state index contributed by atoms with van der Waals surface area (Å²) in [6.45, 7) is 1.46. The third-order valence-corrected chi connectivity index (χ3v) is 5.18. The minimum Gasteiger partial charge on any atom is -0.338 e. The number of carbonyl (C=O) groups is 1. The molecule has 1 amide bonds. The van der Waals surface area contributed by atoms with Crippen molar-refractivity contribution in [3.8, 4) is 0 Å². The van der Waals surface area contributed by atoms with Crippen LogP contribution in [-0.4, -0.2) is 30.4 Å². The fraction of sp³-hybridized carbons (Fsp3) is 0.588. The van der Waals surface area contributed by atoms with E-state index in [0.29, 0.717) is 51.0 Å². The van der Waals surface area contributed by atoms with Crippen LogP contribution >= 0.6 is 12.4 Å². The van der Waals surface area contributed by atoms with Crippen molar-refractivity contribution in [3.63, 3.8) is 0 Å². The first-order valence-electron chi connectivity index (χ1n) is 8.30. The number of amides is 1. The molecule has 1 N–H and O–H groups in total. The maximum atomic E-state index is 13.0. The van der Waals surface area contributed by atoms with Crippen LogP contribution in [0.1, 0.15) is 36.0 Å². The summed E-state index contributed by atoms with van der Waals surface area (Å²) in [5.74, 6) is -0.176. The molecule has 1 aromatic carbocycles. The van der Waals surface area contributed by atoms with Crippen molar-refractivity contribution in [3.05, 3.63) is 34.9 Å². The quantitative estimate of drug-likeness (QED) is 0.731. The summed E-state index contributed by atoms with van der Waals surface area (Å²) in [6.07, 6.45) is -7.92. The van der Waals surface area contributed by atoms with E-state index < -0.39 is 28.9 Å². The average molecular weight is 417 g/mol. The van der Waals surface area contributed by atoms with Gasteiger partial charge in [-0.05, 0) is 56.1 Å². The van der Waals surface area contributed by atoms with Gasteiger partial charge in [-0.2, -0.15) is 26.3 Å². The molecule has 10 heteroatoms. The van der Waals surface area contributed by atoms with E-state index in [-0.39, 0.29) is 36.5 Å². The molecule has 152 valence electrons. The Bertz CT molecular complexity index is 665. The molecule has 0 aromatic heterocycles. The fourth-order valence-electron chi connectivity index (χ4n) is 3.74. The highest BCUT2D eigenvalue weighted by atomic mass is 35.5. The van der Waals surface area contributed by atoms with E-state index in [1.54, 1.807) is 0 Å². The molecule has 27 heavy (non-hydrogen) atoms. The molecule has 1 spiro atoms. The zero-order valence-electron chi connectivity index (χ0n) is 14.2. The normalized spacial score (nSPS) is 20.1. The first-order valence-corrected chi connectivity index (χ1v) is 8.30. The number of nitrogens with zero attached hydrogens (tertiary/aromatic N) is 1. The number of halogens is 7. The standard InChI is InChI=1S/C17H18F6N2O.ClH/c18-16(19,20)12-7-11(8-13(9-12)17(21,22)23)10-25-6-3-15(14(25)26)1-4-24-5-2-15;/h7-9,24H,1-6,10H2;1H. The monoisotopic (exact) mass is 416 g/mol. The van der Waals surface area contributed by atoms with Gasteiger partial charge in [-0.3, -0.25) is 4.79 Å². The lowest BCUT2D eigenvalue weighted by Crippen LogP contribution is -2.42. The molecule has 2 aliphatic rings. The molecule has 1 aromatic rings. The van der Waals surface area contributed by atoms with Crippen LogP contribution in [0, 0.1) is 5.41 Å². The Morgan fingerprint density at radius 1 is 0.926 bits per heavy atom. The first kappa shape index (κ1) is 21.8. The maximum absolute atomic E-state index is 13.0. The Labute approximate surface area is 158 Å². The van der Waals surface area contributed by atoms with Crippen LogP contribution in [0.25, 0.3) is 0 Å². The second-order valence-electron chi connectivity index (χ2n) is 6.92. The van der Waals surface area contributed by atoms with Crippen LogP contribution in [0.4, 0.5) is 26.3 Å². The lowest BCUT2D eigenvalue weighted by molar-refractivity contribution is -0.143. The minimum atomic E-state index is -4.89. The number of alkyl halides is 6. The molecule has 0 saturated carbocycles. The lowest BCUT2D eigenvalue weighted by atomic mass is 9.78. The van der Waals surface area contributed by atoms with Gasteiger partial charge in [-0.25, -0.2) is 0 Å². The van der Waals surface area contributed by atoms with Gasteiger partial charge >= 0.3 is 12.4 Å². The van der Waals surface area contributed by atoms with Crippen molar-refractivity contribution in [2.24, 2.45) is 5.41 Å². The van der Waals surface area contributed by atoms with E-state index in [9.17, 15) is 31.1 Å². The summed E-state index contributed by atoms with van der Waals surface area (Å²) in [5.41, 5.74) is -3.40. The number of nitrogens with one attached hydrogen (secondary N) is 1. The molecule has 2 saturated heterocycles. The van der Waals surface area contributed by atoms with Gasteiger partial charge in [0.2, 0.25) is 5.91 Å². The summed E-state index contributed by atoms with van der Waals surface area (Å²) in [6, 6.07) is 1.48. The molecule has 2 aliphatic heterocycles. The van der Waals surface area contributed by atoms with Crippen LogP contribution in [0.5, 0.6) is 0 Å². The smallest absolute Gasteiger partial charge is 0.338 e. The predicted octanol–water partition coefficient (Wildman–Crippen LogP) is 4.25. The molecule has 0 bridgehead atoms. The Balaban J connectivity index is 0.00000261. The molecule has 2 heterocycles. The minimum absolute atomic E-state index is 0. The average Bonchev–Trinajstić information content (AvgIpc) is 2.83. The summed E-state index contributed by atoms with van der Waals surface area (Å²) in [5, 5.41) is 3.15. The van der Waals surface area contributed by atoms with E-state index in [2.05, 4.69) is 5.32 Å². The van der Waals surface area contributed by atoms with Gasteiger partial charge in [0.15, 0.2) is 0 Å². The molecule has 0 atom stereocenters. The van der Waals surface area contributed by atoms with Crippen LogP contribution in [0.15, 0.2) is 18.2 Å². The van der Waals surface area contributed by atoms with E-state index >= 15 is 0 Å². The van der Waals surface area contributed by atoms with Crippen molar-refractivity contribution in [2.75, 3.05) is 19.6 Å². The number of likely N-dealkylation sites (tertiary alicyclic amines) is 1. The Morgan fingerprint density at radius 2 is 1.44 bits per heavy atom. The number of hydrogen-bond acceptors (Lipinski definition) is 2. The molecule has 3 nitrogen and oxygen atoms in total. The van der Waals surface area contributed by atoms with Gasteiger partial charge in [-0.15, -0.1) is 12.4 Å². The number of carbonyl (C=O) groups excluding carboxylic acids is 1. The Morgan fingerprint density at radius 3 is 1.93 bits per heavy atom. The van der Waals surface area contributed by atoms with Crippen LogP contribution in [0.3, 0.4) is 0 Å². The van der Waals surface area contributed by atoms with Crippen molar-refractivity contribution < 1.29 is 31.1 Å². The third kappa shape index (κ3) is 4.51. The molecular formula is C17H19ClF6N2O. The number of benzene rings is 1. The zero-order valence-corrected chi connectivity index (χ0v) is 15.0. The van der Waals surface area contributed by atoms with Crippen molar-refractivity contribution in [2.45, 2.75) is 38.2 Å². The summed E-state index contributed by atoms with van der Waals surface area (Å²) >= 11 is 0. The van der Waals surface area contributed by atoms with E-state index in [4.69, 9.17) is 0 Å². The van der Waals surface area contributed by atoms with Gasteiger partial charge < -0.3 is 10.2 Å². The highest BCUT2D eigenvalue weighted by Gasteiger charge is 2.47. The second kappa shape index (κ2) is 7.50. The highest BCUT2D eigenvalue weighted by molar-refractivity contribution is 5.85. The molecule has 2 fully saturated rings. The summed E-state index contributed by atoms with van der Waals surface area (Å²) in [4.78, 5) is 14.1. The molecular weight excluding hydrogens is 398 g/mol. The van der Waals surface area contributed by atoms with Crippen molar-refractivity contribution >= 4 is 18.3 Å². The highest BCUT2D eigenvalue weighted by Crippen LogP contribution is 2.41.